The number of benzene rings is 1. The Morgan fingerprint density at radius 3 is 2.71 bits per heavy atom. The molecule has 0 spiro atoms. The summed E-state index contributed by atoms with van der Waals surface area (Å²) < 4.78 is 5.03. The van der Waals surface area contributed by atoms with E-state index in [1.807, 2.05) is 0 Å². The maximum absolute atomic E-state index is 12.0. The second-order valence-corrected chi connectivity index (χ2v) is 5.05. The molecule has 0 bridgehead atoms. The Bertz CT molecular complexity index is 607. The number of aliphatic carboxylic acids is 1. The fourth-order valence-electron chi connectivity index (χ4n) is 2.03. The van der Waals surface area contributed by atoms with Crippen LogP contribution in [-0.2, 0) is 9.59 Å². The van der Waals surface area contributed by atoms with E-state index < -0.39 is 22.8 Å². The fourth-order valence-corrected chi connectivity index (χ4v) is 2.03. The molecule has 132 valence electrons. The number of quaternary nitrogens is 2. The SMILES string of the molecule is COc1ccc([N+](=O)[O-])cc1NC(=O)C[C@H]([NH2+]CCC[NH3+])C(=O)[O-]. The van der Waals surface area contributed by atoms with Gasteiger partial charge in [-0.15, -0.1) is 0 Å². The van der Waals surface area contributed by atoms with E-state index in [1.54, 1.807) is 0 Å². The first-order chi connectivity index (χ1) is 11.4. The lowest BCUT2D eigenvalue weighted by molar-refractivity contribution is -0.684. The van der Waals surface area contributed by atoms with Gasteiger partial charge in [0.1, 0.15) is 11.8 Å². The number of nitrogens with zero attached hydrogens (tertiary/aromatic N) is 1. The van der Waals surface area contributed by atoms with Gasteiger partial charge in [0, 0.05) is 18.6 Å². The summed E-state index contributed by atoms with van der Waals surface area (Å²) in [6, 6.07) is 2.70. The zero-order valence-electron chi connectivity index (χ0n) is 13.3. The Morgan fingerprint density at radius 2 is 2.17 bits per heavy atom. The normalized spacial score (nSPS) is 11.6. The molecule has 0 aliphatic heterocycles. The fraction of sp³-hybridized carbons (Fsp3) is 0.429. The number of carboxylic acids is 1. The van der Waals surface area contributed by atoms with Crippen LogP contribution in [0.3, 0.4) is 0 Å². The van der Waals surface area contributed by atoms with Crippen molar-refractivity contribution in [1.29, 1.82) is 0 Å². The number of nitrogens with two attached hydrogens (primary N) is 1. The van der Waals surface area contributed by atoms with Gasteiger partial charge in [-0.3, -0.25) is 14.9 Å². The van der Waals surface area contributed by atoms with E-state index in [0.29, 0.717) is 19.5 Å². The van der Waals surface area contributed by atoms with Crippen molar-refractivity contribution < 1.29 is 35.4 Å². The average molecular weight is 341 g/mol. The van der Waals surface area contributed by atoms with Gasteiger partial charge in [0.2, 0.25) is 5.91 Å². The van der Waals surface area contributed by atoms with Crippen molar-refractivity contribution in [2.24, 2.45) is 0 Å². The van der Waals surface area contributed by atoms with Crippen LogP contribution in [0.15, 0.2) is 18.2 Å². The number of hydrogen-bond donors (Lipinski definition) is 3. The van der Waals surface area contributed by atoms with Crippen molar-refractivity contribution >= 4 is 23.3 Å². The smallest absolute Gasteiger partial charge is 0.271 e. The Morgan fingerprint density at radius 1 is 1.46 bits per heavy atom. The van der Waals surface area contributed by atoms with Gasteiger partial charge in [-0.2, -0.15) is 0 Å². The third-order valence-electron chi connectivity index (χ3n) is 3.28. The second kappa shape index (κ2) is 9.43. The van der Waals surface area contributed by atoms with Crippen molar-refractivity contribution in [3.05, 3.63) is 28.3 Å². The molecule has 0 heterocycles. The van der Waals surface area contributed by atoms with Gasteiger partial charge in [0.05, 0.1) is 43.2 Å². The van der Waals surface area contributed by atoms with Crippen LogP contribution in [0, 0.1) is 10.1 Å². The van der Waals surface area contributed by atoms with Gasteiger partial charge in [-0.1, -0.05) is 0 Å². The number of nitro groups is 1. The maximum atomic E-state index is 12.0. The summed E-state index contributed by atoms with van der Waals surface area (Å²) in [5.74, 6) is -1.71. The monoisotopic (exact) mass is 341 g/mol. The van der Waals surface area contributed by atoms with Crippen LogP contribution in [0.5, 0.6) is 5.75 Å². The Kier molecular flexibility index (Phi) is 7.59. The highest BCUT2D eigenvalue weighted by molar-refractivity contribution is 5.95. The molecular weight excluding hydrogens is 320 g/mol. The van der Waals surface area contributed by atoms with Gasteiger partial charge >= 0.3 is 0 Å². The van der Waals surface area contributed by atoms with Crippen molar-refractivity contribution in [3.8, 4) is 5.75 Å². The number of nitrogens with one attached hydrogen (secondary N) is 1. The minimum atomic E-state index is -1.35. The van der Waals surface area contributed by atoms with Crippen LogP contribution in [0.2, 0.25) is 0 Å². The molecule has 0 saturated carbocycles. The molecule has 0 aliphatic carbocycles. The topological polar surface area (TPSA) is 166 Å². The van der Waals surface area contributed by atoms with Gasteiger partial charge in [0.15, 0.2) is 0 Å². The quantitative estimate of drug-likeness (QED) is 0.237. The first kappa shape index (κ1) is 19.3. The molecule has 0 aliphatic rings. The van der Waals surface area contributed by atoms with E-state index in [1.165, 1.54) is 24.6 Å². The molecule has 0 aromatic heterocycles. The van der Waals surface area contributed by atoms with E-state index in [-0.39, 0.29) is 23.5 Å². The molecule has 1 aromatic carbocycles. The minimum Gasteiger partial charge on any atom is -0.544 e. The van der Waals surface area contributed by atoms with E-state index in [0.717, 1.165) is 6.07 Å². The molecule has 0 radical (unpaired) electrons. The van der Waals surface area contributed by atoms with Crippen molar-refractivity contribution in [2.45, 2.75) is 18.9 Å². The molecule has 1 aromatic rings. The third-order valence-corrected chi connectivity index (χ3v) is 3.28. The van der Waals surface area contributed by atoms with Crippen molar-refractivity contribution in [2.75, 3.05) is 25.5 Å². The number of carboxylic acid groups (broad SMARTS) is 1. The predicted octanol–water partition coefficient (Wildman–Crippen LogP) is -2.75. The lowest BCUT2D eigenvalue weighted by Crippen LogP contribution is -2.93. The standard InChI is InChI=1S/C14H20N4O6/c1-24-12-4-3-9(18(22)23)7-10(12)17-13(19)8-11(14(20)21)16-6-2-5-15/h3-4,7,11,16H,2,5-6,8,15H2,1H3,(H,17,19)(H,20,21)/p+1/t11-/m0/s1. The van der Waals surface area contributed by atoms with Crippen LogP contribution in [0.25, 0.3) is 0 Å². The van der Waals surface area contributed by atoms with Crippen LogP contribution in [-0.4, -0.2) is 43.0 Å². The summed E-state index contributed by atoms with van der Waals surface area (Å²) >= 11 is 0. The highest BCUT2D eigenvalue weighted by Crippen LogP contribution is 2.28. The molecule has 0 saturated heterocycles. The lowest BCUT2D eigenvalue weighted by atomic mass is 10.2. The third kappa shape index (κ3) is 5.82. The number of methoxy groups -OCH3 is 1. The first-order valence-electron chi connectivity index (χ1n) is 7.34. The summed E-state index contributed by atoms with van der Waals surface area (Å²) in [5, 5.41) is 25.8. The summed E-state index contributed by atoms with van der Waals surface area (Å²) in [6.07, 6.45) is 0.384. The molecule has 0 unspecified atom stereocenters. The highest BCUT2D eigenvalue weighted by Gasteiger charge is 2.20. The number of nitro benzene ring substituents is 1. The largest absolute Gasteiger partial charge is 0.544 e. The first-order valence-corrected chi connectivity index (χ1v) is 7.34. The number of anilines is 1. The number of rotatable bonds is 10. The molecule has 1 amide bonds. The number of non-ortho nitro benzene ring substituents is 1. The zero-order chi connectivity index (χ0) is 18.1. The number of hydrogen-bond acceptors (Lipinski definition) is 6. The van der Waals surface area contributed by atoms with Gasteiger partial charge in [0.25, 0.3) is 5.69 Å². The summed E-state index contributed by atoms with van der Waals surface area (Å²) in [6.45, 7) is 1.17. The van der Waals surface area contributed by atoms with E-state index in [4.69, 9.17) is 4.74 Å². The molecule has 24 heavy (non-hydrogen) atoms. The molecule has 10 nitrogen and oxygen atoms in total. The maximum Gasteiger partial charge on any atom is 0.271 e. The average Bonchev–Trinajstić information content (AvgIpc) is 2.53. The van der Waals surface area contributed by atoms with Crippen LogP contribution in [0.1, 0.15) is 12.8 Å². The number of carbonyl (C=O) groups excluding carboxylic acids is 2. The summed E-state index contributed by atoms with van der Waals surface area (Å²) in [5.41, 5.74) is 3.54. The predicted molar refractivity (Wildman–Crippen MR) is 80.9 cm³/mol. The van der Waals surface area contributed by atoms with Gasteiger partial charge in [-0.05, 0) is 6.07 Å². The van der Waals surface area contributed by atoms with E-state index in [2.05, 4.69) is 11.1 Å². The Hall–Kier alpha value is -2.72. The van der Waals surface area contributed by atoms with Gasteiger partial charge < -0.3 is 31.0 Å². The molecule has 10 heteroatoms. The highest BCUT2D eigenvalue weighted by atomic mass is 16.6. The Labute approximate surface area is 138 Å². The Balaban J connectivity index is 2.79. The molecular formula is C14H21N4O6+. The molecule has 0 fully saturated rings. The van der Waals surface area contributed by atoms with Crippen LogP contribution < -0.4 is 26.2 Å². The van der Waals surface area contributed by atoms with Crippen LogP contribution in [0.4, 0.5) is 11.4 Å². The molecule has 1 atom stereocenters. The van der Waals surface area contributed by atoms with E-state index in [9.17, 15) is 24.8 Å². The number of carbonyl (C=O) groups is 2. The van der Waals surface area contributed by atoms with Crippen LogP contribution >= 0.6 is 0 Å². The van der Waals surface area contributed by atoms with Gasteiger partial charge in [-0.25, -0.2) is 0 Å². The lowest BCUT2D eigenvalue weighted by Gasteiger charge is -2.16. The van der Waals surface area contributed by atoms with E-state index >= 15 is 0 Å². The summed E-state index contributed by atoms with van der Waals surface area (Å²) in [7, 11) is 1.35. The molecule has 6 N–H and O–H groups in total. The van der Waals surface area contributed by atoms with Crippen molar-refractivity contribution in [3.63, 3.8) is 0 Å². The minimum absolute atomic E-state index is 0.103. The zero-order valence-corrected chi connectivity index (χ0v) is 13.3. The summed E-state index contributed by atoms with van der Waals surface area (Å²) in [4.78, 5) is 33.3. The number of ether oxygens (including phenoxy) is 1. The molecule has 1 rings (SSSR count). The van der Waals surface area contributed by atoms with Crippen molar-refractivity contribution in [1.82, 2.24) is 0 Å². The second-order valence-electron chi connectivity index (χ2n) is 5.05. The number of amides is 1.